The number of thiophene rings is 1. The van der Waals surface area contributed by atoms with Crippen molar-refractivity contribution in [1.82, 2.24) is 5.32 Å². The molecule has 0 aliphatic rings. The van der Waals surface area contributed by atoms with Gasteiger partial charge in [-0.25, -0.2) is 0 Å². The number of carbonyl (C=O) groups is 1. The molecule has 0 saturated heterocycles. The molecule has 1 N–H and O–H groups in total. The lowest BCUT2D eigenvalue weighted by atomic mass is 10.2. The first-order valence-electron chi connectivity index (χ1n) is 4.41. The van der Waals surface area contributed by atoms with Crippen LogP contribution in [0.4, 0.5) is 0 Å². The summed E-state index contributed by atoms with van der Waals surface area (Å²) in [6.45, 7) is 6.34. The molecule has 2 nitrogen and oxygen atoms in total. The van der Waals surface area contributed by atoms with Crippen molar-refractivity contribution in [2.24, 2.45) is 0 Å². The molecule has 0 atom stereocenters. The molecule has 1 aromatic heterocycles. The van der Waals surface area contributed by atoms with Gasteiger partial charge >= 0.3 is 0 Å². The van der Waals surface area contributed by atoms with Crippen LogP contribution in [0, 0.1) is 6.92 Å². The number of nitrogens with one attached hydrogen (secondary N) is 1. The summed E-state index contributed by atoms with van der Waals surface area (Å²) in [6.07, 6.45) is 0. The third-order valence-corrected chi connectivity index (χ3v) is 3.05. The van der Waals surface area contributed by atoms with Crippen LogP contribution >= 0.6 is 27.3 Å². The van der Waals surface area contributed by atoms with E-state index in [0.29, 0.717) is 6.54 Å². The summed E-state index contributed by atoms with van der Waals surface area (Å²) in [5.74, 6) is 0.0151. The van der Waals surface area contributed by atoms with Crippen LogP contribution in [0.15, 0.2) is 11.4 Å². The van der Waals surface area contributed by atoms with Crippen molar-refractivity contribution in [3.63, 3.8) is 0 Å². The Morgan fingerprint density at radius 1 is 1.64 bits per heavy atom. The second-order valence-electron chi connectivity index (χ2n) is 3.72. The molecule has 4 heteroatoms. The molecule has 0 radical (unpaired) electrons. The van der Waals surface area contributed by atoms with E-state index >= 15 is 0 Å². The number of halogens is 1. The molecule has 0 aromatic carbocycles. The standard InChI is InChI=1S/C10H14BrNOS/c1-7-4-8(6-14-7)5-12-9(13)10(2,3)11/h4,6H,5H2,1-3H3,(H,12,13). The van der Waals surface area contributed by atoms with Crippen LogP contribution < -0.4 is 5.32 Å². The summed E-state index contributed by atoms with van der Waals surface area (Å²) in [5.41, 5.74) is 1.16. The van der Waals surface area contributed by atoms with Gasteiger partial charge in [-0.1, -0.05) is 15.9 Å². The average molecular weight is 276 g/mol. The Bertz CT molecular complexity index is 327. The molecule has 0 unspecified atom stereocenters. The van der Waals surface area contributed by atoms with Crippen molar-refractivity contribution >= 4 is 33.2 Å². The highest BCUT2D eigenvalue weighted by Crippen LogP contribution is 2.16. The monoisotopic (exact) mass is 275 g/mol. The predicted molar refractivity (Wildman–Crippen MR) is 63.9 cm³/mol. The lowest BCUT2D eigenvalue weighted by Gasteiger charge is -2.15. The smallest absolute Gasteiger partial charge is 0.236 e. The third-order valence-electron chi connectivity index (χ3n) is 1.78. The molecule has 1 rings (SSSR count). The lowest BCUT2D eigenvalue weighted by molar-refractivity contribution is -0.122. The quantitative estimate of drug-likeness (QED) is 0.845. The largest absolute Gasteiger partial charge is 0.351 e. The molecular weight excluding hydrogens is 262 g/mol. The van der Waals surface area contributed by atoms with Crippen molar-refractivity contribution in [3.8, 4) is 0 Å². The molecular formula is C10H14BrNOS. The predicted octanol–water partition coefficient (Wildman–Crippen LogP) is 2.85. The first kappa shape index (κ1) is 11.7. The molecule has 1 aromatic rings. The topological polar surface area (TPSA) is 29.1 Å². The zero-order valence-corrected chi connectivity index (χ0v) is 11.0. The van der Waals surface area contributed by atoms with E-state index < -0.39 is 4.32 Å². The highest BCUT2D eigenvalue weighted by molar-refractivity contribution is 9.10. The van der Waals surface area contributed by atoms with E-state index in [2.05, 4.69) is 39.6 Å². The molecule has 1 amide bonds. The summed E-state index contributed by atoms with van der Waals surface area (Å²) in [4.78, 5) is 12.8. The van der Waals surface area contributed by atoms with Crippen LogP contribution in [0.25, 0.3) is 0 Å². The van der Waals surface area contributed by atoms with Crippen molar-refractivity contribution in [2.45, 2.75) is 31.6 Å². The van der Waals surface area contributed by atoms with E-state index in [0.717, 1.165) is 5.56 Å². The Kier molecular flexibility index (Phi) is 3.72. The van der Waals surface area contributed by atoms with E-state index in [4.69, 9.17) is 0 Å². The summed E-state index contributed by atoms with van der Waals surface area (Å²) in [5, 5.41) is 4.94. The summed E-state index contributed by atoms with van der Waals surface area (Å²) in [6, 6.07) is 2.09. The Morgan fingerprint density at radius 3 is 2.71 bits per heavy atom. The second-order valence-corrected chi connectivity index (χ2v) is 6.82. The molecule has 0 spiro atoms. The van der Waals surface area contributed by atoms with Gasteiger partial charge in [-0.3, -0.25) is 4.79 Å². The number of hydrogen-bond donors (Lipinski definition) is 1. The van der Waals surface area contributed by atoms with Gasteiger partial charge < -0.3 is 5.32 Å². The maximum Gasteiger partial charge on any atom is 0.236 e. The van der Waals surface area contributed by atoms with Crippen LogP contribution in [-0.4, -0.2) is 10.2 Å². The van der Waals surface area contributed by atoms with Gasteiger partial charge in [-0.15, -0.1) is 11.3 Å². The zero-order valence-electron chi connectivity index (χ0n) is 8.56. The SMILES string of the molecule is Cc1cc(CNC(=O)C(C)(C)Br)cs1. The summed E-state index contributed by atoms with van der Waals surface area (Å²) < 4.78 is -0.488. The van der Waals surface area contributed by atoms with Gasteiger partial charge in [0.1, 0.15) is 0 Å². The van der Waals surface area contributed by atoms with E-state index in [1.165, 1.54) is 4.88 Å². The van der Waals surface area contributed by atoms with Gasteiger partial charge in [-0.2, -0.15) is 0 Å². The molecule has 0 saturated carbocycles. The molecule has 1 heterocycles. The van der Waals surface area contributed by atoms with E-state index in [9.17, 15) is 4.79 Å². The van der Waals surface area contributed by atoms with Crippen molar-refractivity contribution in [2.75, 3.05) is 0 Å². The number of aryl methyl sites for hydroxylation is 1. The summed E-state index contributed by atoms with van der Waals surface area (Å²) in [7, 11) is 0. The maximum absolute atomic E-state index is 11.5. The van der Waals surface area contributed by atoms with E-state index in [1.54, 1.807) is 11.3 Å². The van der Waals surface area contributed by atoms with E-state index in [-0.39, 0.29) is 5.91 Å². The van der Waals surface area contributed by atoms with Crippen LogP contribution in [0.3, 0.4) is 0 Å². The minimum Gasteiger partial charge on any atom is -0.351 e. The van der Waals surface area contributed by atoms with Crippen LogP contribution in [0.2, 0.25) is 0 Å². The number of carbonyl (C=O) groups excluding carboxylic acids is 1. The van der Waals surface area contributed by atoms with Crippen LogP contribution in [0.5, 0.6) is 0 Å². The average Bonchev–Trinajstić information content (AvgIpc) is 2.45. The van der Waals surface area contributed by atoms with Gasteiger partial charge in [0.25, 0.3) is 0 Å². The molecule has 0 bridgehead atoms. The van der Waals surface area contributed by atoms with Gasteiger partial charge in [0, 0.05) is 11.4 Å². The van der Waals surface area contributed by atoms with Crippen molar-refractivity contribution in [3.05, 3.63) is 21.9 Å². The van der Waals surface area contributed by atoms with Crippen molar-refractivity contribution < 1.29 is 4.79 Å². The highest BCUT2D eigenvalue weighted by atomic mass is 79.9. The molecule has 0 aliphatic carbocycles. The fraction of sp³-hybridized carbons (Fsp3) is 0.500. The van der Waals surface area contributed by atoms with Crippen LogP contribution in [-0.2, 0) is 11.3 Å². The summed E-state index contributed by atoms with van der Waals surface area (Å²) >= 11 is 5.01. The Balaban J connectivity index is 2.46. The fourth-order valence-corrected chi connectivity index (χ4v) is 1.83. The third kappa shape index (κ3) is 3.42. The number of rotatable bonds is 3. The number of alkyl halides is 1. The minimum absolute atomic E-state index is 0.0151. The first-order chi connectivity index (χ1) is 6.39. The van der Waals surface area contributed by atoms with E-state index in [1.807, 2.05) is 13.8 Å². The molecule has 78 valence electrons. The van der Waals surface area contributed by atoms with Gasteiger partial charge in [0.15, 0.2) is 0 Å². The number of amides is 1. The van der Waals surface area contributed by atoms with Crippen LogP contribution in [0.1, 0.15) is 24.3 Å². The normalized spacial score (nSPS) is 11.4. The molecule has 0 aliphatic heterocycles. The van der Waals surface area contributed by atoms with Crippen molar-refractivity contribution in [1.29, 1.82) is 0 Å². The Morgan fingerprint density at radius 2 is 2.29 bits per heavy atom. The molecule has 14 heavy (non-hydrogen) atoms. The Hall–Kier alpha value is -0.350. The van der Waals surface area contributed by atoms with Gasteiger partial charge in [0.2, 0.25) is 5.91 Å². The highest BCUT2D eigenvalue weighted by Gasteiger charge is 2.22. The zero-order chi connectivity index (χ0) is 10.8. The van der Waals surface area contributed by atoms with Gasteiger partial charge in [-0.05, 0) is 37.8 Å². The fourth-order valence-electron chi connectivity index (χ4n) is 0.983. The molecule has 0 fully saturated rings. The Labute approximate surface area is 96.8 Å². The second kappa shape index (κ2) is 4.45. The minimum atomic E-state index is -0.488. The van der Waals surface area contributed by atoms with Gasteiger partial charge in [0.05, 0.1) is 4.32 Å². The lowest BCUT2D eigenvalue weighted by Crippen LogP contribution is -2.36. The number of hydrogen-bond acceptors (Lipinski definition) is 2. The first-order valence-corrected chi connectivity index (χ1v) is 6.08. The maximum atomic E-state index is 11.5.